The number of nitrogens with zero attached hydrogens (tertiary/aromatic N) is 1. The van der Waals surface area contributed by atoms with E-state index in [1.54, 1.807) is 6.21 Å². The highest BCUT2D eigenvalue weighted by Gasteiger charge is 2.13. The Morgan fingerprint density at radius 1 is 1.09 bits per heavy atom. The molecule has 0 aliphatic carbocycles. The van der Waals surface area contributed by atoms with Crippen LogP contribution in [0.15, 0.2) is 70.2 Å². The van der Waals surface area contributed by atoms with Gasteiger partial charge in [-0.1, -0.05) is 35.9 Å². The molecule has 0 spiro atoms. The first-order chi connectivity index (χ1) is 15.6. The molecule has 1 amide bonds. The normalized spacial score (nSPS) is 12.6. The van der Waals surface area contributed by atoms with Gasteiger partial charge >= 0.3 is 0 Å². The summed E-state index contributed by atoms with van der Waals surface area (Å²) in [6.45, 7) is 1.40. The van der Waals surface area contributed by atoms with E-state index in [1.165, 1.54) is 0 Å². The first-order valence-corrected chi connectivity index (χ1v) is 11.1. The fourth-order valence-electron chi connectivity index (χ4n) is 3.09. The molecule has 1 aliphatic heterocycles. The number of fused-ring (bicyclic) bond motifs is 1. The summed E-state index contributed by atoms with van der Waals surface area (Å²) in [5, 5.41) is 4.71. The van der Waals surface area contributed by atoms with Crippen molar-refractivity contribution in [3.8, 4) is 17.2 Å². The van der Waals surface area contributed by atoms with Gasteiger partial charge in [-0.05, 0) is 63.5 Å². The highest BCUT2D eigenvalue weighted by molar-refractivity contribution is 9.10. The van der Waals surface area contributed by atoms with Gasteiger partial charge in [-0.15, -0.1) is 0 Å². The molecule has 0 saturated carbocycles. The van der Waals surface area contributed by atoms with Gasteiger partial charge in [0.25, 0.3) is 0 Å². The zero-order chi connectivity index (χ0) is 22.3. The Morgan fingerprint density at radius 2 is 1.91 bits per heavy atom. The lowest BCUT2D eigenvalue weighted by molar-refractivity contribution is -0.120. The lowest BCUT2D eigenvalue weighted by Crippen LogP contribution is -2.20. The predicted octanol–water partition coefficient (Wildman–Crippen LogP) is 5.15. The van der Waals surface area contributed by atoms with Crippen molar-refractivity contribution in [2.75, 3.05) is 13.2 Å². The molecule has 0 atom stereocenters. The van der Waals surface area contributed by atoms with Crippen LogP contribution in [0.2, 0.25) is 5.02 Å². The number of halogens is 2. The molecule has 0 radical (unpaired) electrons. The third-order valence-electron chi connectivity index (χ3n) is 4.67. The molecule has 8 heteroatoms. The third kappa shape index (κ3) is 5.81. The Bertz CT molecular complexity index is 1150. The van der Waals surface area contributed by atoms with Crippen LogP contribution in [0.3, 0.4) is 0 Å². The molecule has 0 fully saturated rings. The summed E-state index contributed by atoms with van der Waals surface area (Å²) in [7, 11) is 0. The first-order valence-electron chi connectivity index (χ1n) is 9.95. The Morgan fingerprint density at radius 3 is 2.72 bits per heavy atom. The maximum atomic E-state index is 12.2. The van der Waals surface area contributed by atoms with E-state index in [2.05, 4.69) is 26.5 Å². The van der Waals surface area contributed by atoms with Gasteiger partial charge in [0.05, 0.1) is 17.1 Å². The maximum Gasteiger partial charge on any atom is 0.244 e. The van der Waals surface area contributed by atoms with Crippen LogP contribution < -0.4 is 19.6 Å². The molecule has 0 bridgehead atoms. The first kappa shape index (κ1) is 22.2. The number of carbonyl (C=O) groups excluding carboxylic acids is 1. The molecule has 32 heavy (non-hydrogen) atoms. The third-order valence-corrected chi connectivity index (χ3v) is 5.66. The molecule has 4 rings (SSSR count). The van der Waals surface area contributed by atoms with E-state index >= 15 is 0 Å². The molecule has 0 saturated heterocycles. The van der Waals surface area contributed by atoms with Gasteiger partial charge in [0.1, 0.15) is 25.6 Å². The van der Waals surface area contributed by atoms with Crippen LogP contribution in [-0.4, -0.2) is 25.3 Å². The topological polar surface area (TPSA) is 69.2 Å². The van der Waals surface area contributed by atoms with E-state index in [0.29, 0.717) is 42.1 Å². The summed E-state index contributed by atoms with van der Waals surface area (Å²) in [4.78, 5) is 12.2. The van der Waals surface area contributed by atoms with Crippen molar-refractivity contribution in [1.82, 2.24) is 5.43 Å². The maximum absolute atomic E-state index is 12.2. The minimum Gasteiger partial charge on any atom is -0.488 e. The minimum atomic E-state index is -0.225. The second kappa shape index (κ2) is 10.5. The molecule has 0 aromatic heterocycles. The molecule has 164 valence electrons. The molecule has 6 nitrogen and oxygen atoms in total. The van der Waals surface area contributed by atoms with E-state index in [0.717, 1.165) is 21.2 Å². The Kier molecular flexibility index (Phi) is 7.29. The smallest absolute Gasteiger partial charge is 0.244 e. The summed E-state index contributed by atoms with van der Waals surface area (Å²) < 4.78 is 17.7. The van der Waals surface area contributed by atoms with Gasteiger partial charge in [-0.3, -0.25) is 4.79 Å². The van der Waals surface area contributed by atoms with Crippen LogP contribution in [0, 0.1) is 0 Å². The van der Waals surface area contributed by atoms with Gasteiger partial charge in [-0.2, -0.15) is 5.10 Å². The molecular weight excluding hydrogens is 496 g/mol. The number of hydrazone groups is 1. The average Bonchev–Trinajstić information content (AvgIpc) is 2.79. The van der Waals surface area contributed by atoms with Crippen molar-refractivity contribution in [3.63, 3.8) is 0 Å². The molecule has 1 aliphatic rings. The zero-order valence-electron chi connectivity index (χ0n) is 17.0. The van der Waals surface area contributed by atoms with Crippen molar-refractivity contribution >= 4 is 39.7 Å². The number of nitrogens with one attached hydrogen (secondary N) is 1. The molecular formula is C24H20BrClN2O4. The van der Waals surface area contributed by atoms with Crippen molar-refractivity contribution in [3.05, 3.63) is 86.8 Å². The van der Waals surface area contributed by atoms with E-state index in [9.17, 15) is 4.79 Å². The average molecular weight is 516 g/mol. The molecule has 1 heterocycles. The van der Waals surface area contributed by atoms with Crippen LogP contribution in [0.4, 0.5) is 0 Å². The van der Waals surface area contributed by atoms with Crippen LogP contribution in [-0.2, 0) is 17.8 Å². The number of carbonyl (C=O) groups is 1. The standard InChI is InChI=1S/C24H20BrClN2O4/c25-19-11-17(6-7-21(19)32-15-18-3-1-2-4-20(18)26)14-27-28-24(29)13-16-5-8-22-23(12-16)31-10-9-30-22/h1-8,11-12,14H,9-10,13,15H2,(H,28,29)/b27-14+. The van der Waals surface area contributed by atoms with Crippen LogP contribution in [0.25, 0.3) is 0 Å². The summed E-state index contributed by atoms with van der Waals surface area (Å²) in [6.07, 6.45) is 1.76. The highest BCUT2D eigenvalue weighted by atomic mass is 79.9. The number of amides is 1. The summed E-state index contributed by atoms with van der Waals surface area (Å²) >= 11 is 9.67. The SMILES string of the molecule is O=C(Cc1ccc2c(c1)OCCO2)N/N=C/c1ccc(OCc2ccccc2Cl)c(Br)c1. The van der Waals surface area contributed by atoms with Gasteiger partial charge in [0.15, 0.2) is 11.5 Å². The van der Waals surface area contributed by atoms with Crippen LogP contribution >= 0.6 is 27.5 Å². The van der Waals surface area contributed by atoms with E-state index in [-0.39, 0.29) is 12.3 Å². The number of hydrogen-bond donors (Lipinski definition) is 1. The van der Waals surface area contributed by atoms with Crippen molar-refractivity contribution < 1.29 is 19.0 Å². The van der Waals surface area contributed by atoms with Gasteiger partial charge in [0.2, 0.25) is 5.91 Å². The van der Waals surface area contributed by atoms with Gasteiger partial charge < -0.3 is 14.2 Å². The zero-order valence-corrected chi connectivity index (χ0v) is 19.4. The second-order valence-corrected chi connectivity index (χ2v) is 8.28. The minimum absolute atomic E-state index is 0.187. The summed E-state index contributed by atoms with van der Waals surface area (Å²) in [6, 6.07) is 18.6. The van der Waals surface area contributed by atoms with E-state index < -0.39 is 0 Å². The number of hydrogen-bond acceptors (Lipinski definition) is 5. The molecule has 1 N–H and O–H groups in total. The molecule has 0 unspecified atom stereocenters. The van der Waals surface area contributed by atoms with E-state index in [1.807, 2.05) is 60.7 Å². The number of benzene rings is 3. The Labute approximate surface area is 199 Å². The molecule has 3 aromatic rings. The fraction of sp³-hybridized carbons (Fsp3) is 0.167. The number of ether oxygens (including phenoxy) is 3. The van der Waals surface area contributed by atoms with Crippen LogP contribution in [0.5, 0.6) is 17.2 Å². The van der Waals surface area contributed by atoms with Gasteiger partial charge in [0, 0.05) is 10.6 Å². The second-order valence-electron chi connectivity index (χ2n) is 7.02. The van der Waals surface area contributed by atoms with Crippen molar-refractivity contribution in [2.45, 2.75) is 13.0 Å². The highest BCUT2D eigenvalue weighted by Crippen LogP contribution is 2.31. The lowest BCUT2D eigenvalue weighted by atomic mass is 10.1. The lowest BCUT2D eigenvalue weighted by Gasteiger charge is -2.18. The predicted molar refractivity (Wildman–Crippen MR) is 127 cm³/mol. The van der Waals surface area contributed by atoms with Crippen molar-refractivity contribution in [1.29, 1.82) is 0 Å². The Hall–Kier alpha value is -3.03. The quantitative estimate of drug-likeness (QED) is 0.349. The van der Waals surface area contributed by atoms with E-state index in [4.69, 9.17) is 25.8 Å². The Balaban J connectivity index is 1.30. The van der Waals surface area contributed by atoms with Gasteiger partial charge in [-0.25, -0.2) is 5.43 Å². The summed E-state index contributed by atoms with van der Waals surface area (Å²) in [5.41, 5.74) is 5.08. The monoisotopic (exact) mass is 514 g/mol. The van der Waals surface area contributed by atoms with Crippen LogP contribution in [0.1, 0.15) is 16.7 Å². The molecule has 3 aromatic carbocycles. The fourth-order valence-corrected chi connectivity index (χ4v) is 3.79. The van der Waals surface area contributed by atoms with Crippen molar-refractivity contribution in [2.24, 2.45) is 5.10 Å². The number of rotatable bonds is 7. The largest absolute Gasteiger partial charge is 0.488 e. The summed E-state index contributed by atoms with van der Waals surface area (Å²) in [5.74, 6) is 1.82.